The molecule has 0 radical (unpaired) electrons. The summed E-state index contributed by atoms with van der Waals surface area (Å²) in [6.07, 6.45) is 2.12. The van der Waals surface area contributed by atoms with E-state index < -0.39 is 35.4 Å². The second kappa shape index (κ2) is 12.1. The van der Waals surface area contributed by atoms with Crippen LogP contribution in [0.1, 0.15) is 16.8 Å². The van der Waals surface area contributed by atoms with E-state index in [0.29, 0.717) is 11.4 Å². The summed E-state index contributed by atoms with van der Waals surface area (Å²) < 4.78 is 5.85. The summed E-state index contributed by atoms with van der Waals surface area (Å²) in [5.74, 6) is -1.39. The van der Waals surface area contributed by atoms with Crippen LogP contribution >= 0.6 is 27.7 Å². The van der Waals surface area contributed by atoms with Gasteiger partial charge in [-0.25, -0.2) is 4.79 Å². The van der Waals surface area contributed by atoms with E-state index in [1.165, 1.54) is 30.0 Å². The first kappa shape index (κ1) is 24.4. The summed E-state index contributed by atoms with van der Waals surface area (Å²) in [5.41, 5.74) is 0.344. The number of thioether (sulfide) groups is 1. The monoisotopic (exact) mass is 509 g/mol. The van der Waals surface area contributed by atoms with Gasteiger partial charge in [0.15, 0.2) is 6.61 Å². The van der Waals surface area contributed by atoms with Gasteiger partial charge < -0.3 is 15.4 Å². The van der Waals surface area contributed by atoms with Crippen molar-refractivity contribution < 1.29 is 24.0 Å². The van der Waals surface area contributed by atoms with Crippen LogP contribution in [0.4, 0.5) is 11.4 Å². The Balaban J connectivity index is 1.98. The number of benzene rings is 2. The summed E-state index contributed by atoms with van der Waals surface area (Å²) in [5, 5.41) is 16.0. The zero-order chi connectivity index (χ0) is 22.8. The molecule has 9 nitrogen and oxygen atoms in total. The van der Waals surface area contributed by atoms with Gasteiger partial charge in [-0.3, -0.25) is 19.7 Å². The third-order valence-electron chi connectivity index (χ3n) is 3.97. The number of carbonyl (C=O) groups excluding carboxylic acids is 3. The molecule has 0 heterocycles. The third-order valence-corrected chi connectivity index (χ3v) is 5.11. The molecule has 2 aromatic carbocycles. The van der Waals surface area contributed by atoms with Gasteiger partial charge in [0.05, 0.1) is 4.92 Å². The molecular formula is C20H20BrN3O6S. The zero-order valence-corrected chi connectivity index (χ0v) is 18.9. The smallest absolute Gasteiger partial charge is 0.329 e. The van der Waals surface area contributed by atoms with Crippen molar-refractivity contribution in [2.24, 2.45) is 0 Å². The number of hydrogen-bond donors (Lipinski definition) is 2. The topological polar surface area (TPSA) is 128 Å². The number of halogens is 1. The van der Waals surface area contributed by atoms with Crippen molar-refractivity contribution in [3.8, 4) is 0 Å². The summed E-state index contributed by atoms with van der Waals surface area (Å²) in [4.78, 5) is 47.3. The standard InChI is InChI=1S/C20H20BrN3O6S/c1-31-9-8-17(23-19(26)13-4-2-7-16(10-13)24(28)29)20(27)30-12-18(25)22-15-6-3-5-14(21)11-15/h2-7,10-11,17H,8-9,12H2,1H3,(H,22,25)(H,23,26)/t17-/m1/s1. The third kappa shape index (κ3) is 8.02. The van der Waals surface area contributed by atoms with E-state index in [2.05, 4.69) is 26.6 Å². The highest BCUT2D eigenvalue weighted by atomic mass is 79.9. The summed E-state index contributed by atoms with van der Waals surface area (Å²) >= 11 is 4.77. The van der Waals surface area contributed by atoms with Gasteiger partial charge >= 0.3 is 5.97 Å². The van der Waals surface area contributed by atoms with E-state index >= 15 is 0 Å². The molecule has 1 atom stereocenters. The molecular weight excluding hydrogens is 490 g/mol. The Morgan fingerprint density at radius 1 is 1.19 bits per heavy atom. The van der Waals surface area contributed by atoms with Crippen molar-refractivity contribution in [2.45, 2.75) is 12.5 Å². The Hall–Kier alpha value is -2.92. The van der Waals surface area contributed by atoms with Gasteiger partial charge in [0.1, 0.15) is 6.04 Å². The molecule has 0 saturated carbocycles. The molecule has 2 rings (SSSR count). The number of nitro benzene ring substituents is 1. The predicted octanol–water partition coefficient (Wildman–Crippen LogP) is 3.39. The molecule has 0 saturated heterocycles. The van der Waals surface area contributed by atoms with Crippen LogP contribution in [-0.4, -0.2) is 47.4 Å². The molecule has 31 heavy (non-hydrogen) atoms. The number of non-ortho nitro benzene ring substituents is 1. The highest BCUT2D eigenvalue weighted by Crippen LogP contribution is 2.16. The second-order valence-electron chi connectivity index (χ2n) is 6.28. The van der Waals surface area contributed by atoms with Crippen LogP contribution in [0.25, 0.3) is 0 Å². The Bertz CT molecular complexity index is 971. The lowest BCUT2D eigenvalue weighted by Crippen LogP contribution is -2.43. The van der Waals surface area contributed by atoms with E-state index in [4.69, 9.17) is 4.74 Å². The molecule has 0 unspecified atom stereocenters. The minimum Gasteiger partial charge on any atom is -0.454 e. The summed E-state index contributed by atoms with van der Waals surface area (Å²) in [6.45, 7) is -0.520. The van der Waals surface area contributed by atoms with Crippen LogP contribution in [0, 0.1) is 10.1 Å². The Morgan fingerprint density at radius 2 is 1.94 bits per heavy atom. The van der Waals surface area contributed by atoms with Crippen LogP contribution < -0.4 is 10.6 Å². The van der Waals surface area contributed by atoms with Crippen molar-refractivity contribution in [3.05, 3.63) is 68.7 Å². The number of nitro groups is 1. The van der Waals surface area contributed by atoms with E-state index in [1.54, 1.807) is 24.3 Å². The van der Waals surface area contributed by atoms with Crippen LogP contribution in [0.2, 0.25) is 0 Å². The maximum atomic E-state index is 12.5. The minimum atomic E-state index is -1.00. The number of hydrogen-bond acceptors (Lipinski definition) is 7. The molecule has 164 valence electrons. The van der Waals surface area contributed by atoms with Crippen LogP contribution in [0.15, 0.2) is 53.0 Å². The average molecular weight is 510 g/mol. The fourth-order valence-corrected chi connectivity index (χ4v) is 3.36. The number of anilines is 1. The SMILES string of the molecule is CSCC[C@@H](NC(=O)c1cccc([N+](=O)[O-])c1)C(=O)OCC(=O)Nc1cccc(Br)c1. The molecule has 0 aromatic heterocycles. The Kier molecular flexibility index (Phi) is 9.47. The number of esters is 1. The predicted molar refractivity (Wildman–Crippen MR) is 121 cm³/mol. The molecule has 2 amide bonds. The molecule has 0 aliphatic carbocycles. The fourth-order valence-electron chi connectivity index (χ4n) is 2.49. The zero-order valence-electron chi connectivity index (χ0n) is 16.5. The van der Waals surface area contributed by atoms with Crippen molar-refractivity contribution in [1.82, 2.24) is 5.32 Å². The Labute approximate surface area is 191 Å². The largest absolute Gasteiger partial charge is 0.454 e. The molecule has 11 heteroatoms. The van der Waals surface area contributed by atoms with E-state index in [-0.39, 0.29) is 17.7 Å². The number of nitrogens with zero attached hydrogens (tertiary/aromatic N) is 1. The first-order valence-electron chi connectivity index (χ1n) is 9.06. The number of rotatable bonds is 10. The van der Waals surface area contributed by atoms with Gasteiger partial charge in [0.25, 0.3) is 17.5 Å². The van der Waals surface area contributed by atoms with Crippen molar-refractivity contribution in [3.63, 3.8) is 0 Å². The van der Waals surface area contributed by atoms with E-state index in [9.17, 15) is 24.5 Å². The van der Waals surface area contributed by atoms with Gasteiger partial charge in [-0.2, -0.15) is 11.8 Å². The number of nitrogens with one attached hydrogen (secondary N) is 2. The first-order valence-corrected chi connectivity index (χ1v) is 11.2. The normalized spacial score (nSPS) is 11.3. The molecule has 0 aliphatic rings. The fraction of sp³-hybridized carbons (Fsp3) is 0.250. The van der Waals surface area contributed by atoms with E-state index in [1.807, 2.05) is 6.26 Å². The summed E-state index contributed by atoms with van der Waals surface area (Å²) in [6, 6.07) is 11.1. The maximum absolute atomic E-state index is 12.5. The molecule has 0 fully saturated rings. The first-order chi connectivity index (χ1) is 14.8. The van der Waals surface area contributed by atoms with Gasteiger partial charge in [-0.1, -0.05) is 28.1 Å². The lowest BCUT2D eigenvalue weighted by Gasteiger charge is -2.17. The van der Waals surface area contributed by atoms with Gasteiger partial charge in [-0.05, 0) is 42.7 Å². The molecule has 0 bridgehead atoms. The number of amides is 2. The minimum absolute atomic E-state index is 0.0450. The van der Waals surface area contributed by atoms with Gasteiger partial charge in [0.2, 0.25) is 0 Å². The summed E-state index contributed by atoms with van der Waals surface area (Å²) in [7, 11) is 0. The van der Waals surface area contributed by atoms with Gasteiger partial charge in [0, 0.05) is 27.9 Å². The highest BCUT2D eigenvalue weighted by molar-refractivity contribution is 9.10. The molecule has 2 N–H and O–H groups in total. The lowest BCUT2D eigenvalue weighted by molar-refractivity contribution is -0.384. The van der Waals surface area contributed by atoms with Crippen LogP contribution in [0.5, 0.6) is 0 Å². The van der Waals surface area contributed by atoms with Crippen molar-refractivity contribution >= 4 is 56.9 Å². The van der Waals surface area contributed by atoms with Crippen molar-refractivity contribution in [1.29, 1.82) is 0 Å². The molecule has 2 aromatic rings. The van der Waals surface area contributed by atoms with Gasteiger partial charge in [-0.15, -0.1) is 0 Å². The second-order valence-corrected chi connectivity index (χ2v) is 8.18. The van der Waals surface area contributed by atoms with Crippen LogP contribution in [0.3, 0.4) is 0 Å². The average Bonchev–Trinajstić information content (AvgIpc) is 2.74. The maximum Gasteiger partial charge on any atom is 0.329 e. The number of ether oxygens (including phenoxy) is 1. The quantitative estimate of drug-likeness (QED) is 0.285. The molecule has 0 aliphatic heterocycles. The highest BCUT2D eigenvalue weighted by Gasteiger charge is 2.24. The van der Waals surface area contributed by atoms with Crippen LogP contribution in [-0.2, 0) is 14.3 Å². The van der Waals surface area contributed by atoms with Crippen molar-refractivity contribution in [2.75, 3.05) is 23.9 Å². The van der Waals surface area contributed by atoms with E-state index in [0.717, 1.165) is 10.5 Å². The Morgan fingerprint density at radius 3 is 2.61 bits per heavy atom. The molecule has 0 spiro atoms. The number of carbonyl (C=O) groups is 3. The lowest BCUT2D eigenvalue weighted by atomic mass is 10.1.